The maximum Gasteiger partial charge on any atom is 0.344 e. The number of benzene rings is 1. The average Bonchev–Trinajstić information content (AvgIpc) is 2.07. The fourth-order valence-corrected chi connectivity index (χ4v) is 1.63. The maximum atomic E-state index is 12.8. The summed E-state index contributed by atoms with van der Waals surface area (Å²) in [6, 6.07) is 2.32. The molecule has 0 aromatic heterocycles. The molecule has 13 heavy (non-hydrogen) atoms. The number of halogens is 2. The molecule has 3 nitrogen and oxygen atoms in total. The summed E-state index contributed by atoms with van der Waals surface area (Å²) in [5, 5.41) is 0. The highest BCUT2D eigenvalue weighted by Gasteiger charge is 2.23. The van der Waals surface area contributed by atoms with Gasteiger partial charge >= 0.3 is 5.97 Å². The number of carbonyl (C=O) groups excluding carboxylic acids is 1. The SMILES string of the molecule is O=C1OCOc2c(Br)cc(F)cc21. The van der Waals surface area contributed by atoms with E-state index in [1.807, 2.05) is 0 Å². The summed E-state index contributed by atoms with van der Waals surface area (Å²) >= 11 is 3.09. The molecule has 1 aromatic rings. The number of esters is 1. The lowest BCUT2D eigenvalue weighted by Gasteiger charge is -2.17. The predicted octanol–water partition coefficient (Wildman–Crippen LogP) is 2.09. The molecule has 5 heteroatoms. The molecule has 0 saturated carbocycles. The Balaban J connectivity index is 2.63. The number of carbonyl (C=O) groups is 1. The Morgan fingerprint density at radius 3 is 2.92 bits per heavy atom. The van der Waals surface area contributed by atoms with Crippen molar-refractivity contribution in [1.29, 1.82) is 0 Å². The Morgan fingerprint density at radius 2 is 2.15 bits per heavy atom. The average molecular weight is 247 g/mol. The maximum absolute atomic E-state index is 12.8. The lowest BCUT2D eigenvalue weighted by atomic mass is 10.2. The van der Waals surface area contributed by atoms with Crippen LogP contribution in [-0.4, -0.2) is 12.8 Å². The number of rotatable bonds is 0. The second kappa shape index (κ2) is 2.99. The Morgan fingerprint density at radius 1 is 1.38 bits per heavy atom. The molecule has 1 aliphatic rings. The molecule has 0 N–H and O–H groups in total. The minimum absolute atomic E-state index is 0.109. The third-order valence-corrected chi connectivity index (χ3v) is 2.21. The minimum Gasteiger partial charge on any atom is -0.455 e. The van der Waals surface area contributed by atoms with Gasteiger partial charge in [-0.15, -0.1) is 0 Å². The van der Waals surface area contributed by atoms with E-state index in [0.717, 1.165) is 6.07 Å². The lowest BCUT2D eigenvalue weighted by Crippen LogP contribution is -2.19. The van der Waals surface area contributed by atoms with Gasteiger partial charge in [0.15, 0.2) is 5.75 Å². The fourth-order valence-electron chi connectivity index (χ4n) is 1.08. The van der Waals surface area contributed by atoms with Crippen LogP contribution >= 0.6 is 15.9 Å². The number of cyclic esters (lactones) is 1. The van der Waals surface area contributed by atoms with Crippen molar-refractivity contribution in [2.45, 2.75) is 0 Å². The van der Waals surface area contributed by atoms with Gasteiger partial charge in [-0.2, -0.15) is 0 Å². The third kappa shape index (κ3) is 1.39. The zero-order valence-electron chi connectivity index (χ0n) is 6.34. The largest absolute Gasteiger partial charge is 0.455 e. The van der Waals surface area contributed by atoms with Crippen LogP contribution in [-0.2, 0) is 4.74 Å². The summed E-state index contributed by atoms with van der Waals surface area (Å²) < 4.78 is 22.8. The van der Waals surface area contributed by atoms with Crippen LogP contribution in [0.5, 0.6) is 5.75 Å². The van der Waals surface area contributed by atoms with Gasteiger partial charge in [-0.1, -0.05) is 0 Å². The van der Waals surface area contributed by atoms with Crippen molar-refractivity contribution in [3.8, 4) is 5.75 Å². The Hall–Kier alpha value is -1.10. The summed E-state index contributed by atoms with van der Waals surface area (Å²) in [6.07, 6.45) is 0. The molecule has 0 spiro atoms. The van der Waals surface area contributed by atoms with Crippen LogP contribution in [0.4, 0.5) is 4.39 Å². The second-order valence-electron chi connectivity index (χ2n) is 2.46. The number of hydrogen-bond donors (Lipinski definition) is 0. The topological polar surface area (TPSA) is 35.5 Å². The van der Waals surface area contributed by atoms with Crippen LogP contribution in [0.25, 0.3) is 0 Å². The highest BCUT2D eigenvalue weighted by Crippen LogP contribution is 2.32. The number of fused-ring (bicyclic) bond motifs is 1. The fraction of sp³-hybridized carbons (Fsp3) is 0.125. The Labute approximate surface area is 81.6 Å². The van der Waals surface area contributed by atoms with Gasteiger partial charge in [0, 0.05) is 0 Å². The Bertz CT molecular complexity index is 378. The zero-order chi connectivity index (χ0) is 9.42. The predicted molar refractivity (Wildman–Crippen MR) is 45.0 cm³/mol. The molecule has 1 aliphatic heterocycles. The van der Waals surface area contributed by atoms with Crippen LogP contribution in [0.1, 0.15) is 10.4 Å². The Kier molecular flexibility index (Phi) is 1.95. The van der Waals surface area contributed by atoms with E-state index in [0.29, 0.717) is 10.2 Å². The van der Waals surface area contributed by atoms with Crippen LogP contribution in [0.2, 0.25) is 0 Å². The summed E-state index contributed by atoms with van der Waals surface area (Å²) in [6.45, 7) is -0.129. The first kappa shape index (κ1) is 8.50. The summed E-state index contributed by atoms with van der Waals surface area (Å²) in [7, 11) is 0. The lowest BCUT2D eigenvalue weighted by molar-refractivity contribution is 0.00446. The van der Waals surface area contributed by atoms with E-state index < -0.39 is 11.8 Å². The van der Waals surface area contributed by atoms with Crippen molar-refractivity contribution < 1.29 is 18.7 Å². The second-order valence-corrected chi connectivity index (χ2v) is 3.31. The number of ether oxygens (including phenoxy) is 2. The summed E-state index contributed by atoms with van der Waals surface area (Å²) in [5.41, 5.74) is 0.109. The van der Waals surface area contributed by atoms with Crippen molar-refractivity contribution in [2.75, 3.05) is 6.79 Å². The molecule has 0 saturated heterocycles. The van der Waals surface area contributed by atoms with E-state index in [4.69, 9.17) is 4.74 Å². The molecule has 0 radical (unpaired) electrons. The molecule has 1 aromatic carbocycles. The first-order valence-electron chi connectivity index (χ1n) is 3.47. The molecule has 2 rings (SSSR count). The summed E-state index contributed by atoms with van der Waals surface area (Å²) in [5.74, 6) is -0.743. The normalized spacial score (nSPS) is 14.5. The van der Waals surface area contributed by atoms with E-state index in [2.05, 4.69) is 20.7 Å². The van der Waals surface area contributed by atoms with E-state index >= 15 is 0 Å². The van der Waals surface area contributed by atoms with E-state index in [1.165, 1.54) is 6.07 Å². The molecule has 0 fully saturated rings. The molecule has 0 aliphatic carbocycles. The van der Waals surface area contributed by atoms with Crippen LogP contribution < -0.4 is 4.74 Å². The highest BCUT2D eigenvalue weighted by molar-refractivity contribution is 9.10. The zero-order valence-corrected chi connectivity index (χ0v) is 7.93. The van der Waals surface area contributed by atoms with E-state index in [1.54, 1.807) is 0 Å². The minimum atomic E-state index is -0.568. The molecule has 1 heterocycles. The van der Waals surface area contributed by atoms with Gasteiger partial charge in [0.2, 0.25) is 6.79 Å². The van der Waals surface area contributed by atoms with E-state index in [9.17, 15) is 9.18 Å². The monoisotopic (exact) mass is 246 g/mol. The van der Waals surface area contributed by atoms with Gasteiger partial charge in [-0.05, 0) is 28.1 Å². The van der Waals surface area contributed by atoms with Gasteiger partial charge in [-0.3, -0.25) is 0 Å². The van der Waals surface area contributed by atoms with Gasteiger partial charge in [-0.25, -0.2) is 9.18 Å². The van der Waals surface area contributed by atoms with Crippen molar-refractivity contribution in [2.24, 2.45) is 0 Å². The van der Waals surface area contributed by atoms with E-state index in [-0.39, 0.29) is 12.4 Å². The standard InChI is InChI=1S/C8H4BrFO3/c9-6-2-4(10)1-5-7(6)12-3-13-8(5)11/h1-2H,3H2. The summed E-state index contributed by atoms with van der Waals surface area (Å²) in [4.78, 5) is 11.1. The molecule has 0 bridgehead atoms. The molecule has 0 amide bonds. The van der Waals surface area contributed by atoms with Crippen LogP contribution in [0.15, 0.2) is 16.6 Å². The van der Waals surface area contributed by atoms with Crippen LogP contribution in [0, 0.1) is 5.82 Å². The van der Waals surface area contributed by atoms with Gasteiger partial charge in [0.25, 0.3) is 0 Å². The third-order valence-electron chi connectivity index (χ3n) is 1.62. The molecular formula is C8H4BrFO3. The highest BCUT2D eigenvalue weighted by atomic mass is 79.9. The quantitative estimate of drug-likeness (QED) is 0.658. The van der Waals surface area contributed by atoms with Gasteiger partial charge in [0.1, 0.15) is 11.4 Å². The molecule has 0 unspecified atom stereocenters. The van der Waals surface area contributed by atoms with Crippen molar-refractivity contribution in [1.82, 2.24) is 0 Å². The van der Waals surface area contributed by atoms with Crippen molar-refractivity contribution in [3.05, 3.63) is 28.0 Å². The van der Waals surface area contributed by atoms with Gasteiger partial charge in [0.05, 0.1) is 4.47 Å². The van der Waals surface area contributed by atoms with Crippen molar-refractivity contribution >= 4 is 21.9 Å². The van der Waals surface area contributed by atoms with Crippen LogP contribution in [0.3, 0.4) is 0 Å². The first-order chi connectivity index (χ1) is 6.18. The molecular weight excluding hydrogens is 243 g/mol. The van der Waals surface area contributed by atoms with Gasteiger partial charge < -0.3 is 9.47 Å². The molecule has 68 valence electrons. The molecule has 0 atom stereocenters. The number of hydrogen-bond acceptors (Lipinski definition) is 3. The first-order valence-corrected chi connectivity index (χ1v) is 4.27. The van der Waals surface area contributed by atoms with Crippen molar-refractivity contribution in [3.63, 3.8) is 0 Å². The smallest absolute Gasteiger partial charge is 0.344 e.